The molecule has 0 amide bonds. The van der Waals surface area contributed by atoms with Crippen molar-refractivity contribution in [1.29, 1.82) is 0 Å². The number of nitrogens with zero attached hydrogens (tertiary/aromatic N) is 1. The van der Waals surface area contributed by atoms with Crippen LogP contribution in [0.3, 0.4) is 0 Å². The summed E-state index contributed by atoms with van der Waals surface area (Å²) in [5.41, 5.74) is 7.94. The summed E-state index contributed by atoms with van der Waals surface area (Å²) < 4.78 is 6.08. The van der Waals surface area contributed by atoms with Gasteiger partial charge in [0, 0.05) is 16.5 Å². The van der Waals surface area contributed by atoms with Crippen LogP contribution in [-0.4, -0.2) is 11.0 Å². The van der Waals surface area contributed by atoms with Gasteiger partial charge in [-0.25, -0.2) is 9.78 Å². The third-order valence-electron chi connectivity index (χ3n) is 6.09. The highest BCUT2D eigenvalue weighted by atomic mass is 16.5. The molecule has 3 heteroatoms. The highest BCUT2D eigenvalue weighted by Crippen LogP contribution is 2.34. The van der Waals surface area contributed by atoms with E-state index in [1.165, 1.54) is 0 Å². The fourth-order valence-corrected chi connectivity index (χ4v) is 4.52. The lowest BCUT2D eigenvalue weighted by atomic mass is 9.95. The standard InChI is InChI=1S/C31H25NO2/c1-20-18-21(2)29-26(19-20)28(22(3)30(32-29)24-14-8-5-9-15-24)31(33)34-27-17-11-10-16-25(27)23-12-6-4-7-13-23/h4-19H,1-3H3. The molecule has 34 heavy (non-hydrogen) atoms. The maximum absolute atomic E-state index is 13.8. The number of ether oxygens (including phenoxy) is 1. The molecular formula is C31H25NO2. The lowest BCUT2D eigenvalue weighted by molar-refractivity contribution is 0.0737. The number of esters is 1. The fourth-order valence-electron chi connectivity index (χ4n) is 4.52. The molecular weight excluding hydrogens is 418 g/mol. The van der Waals surface area contributed by atoms with E-state index >= 15 is 0 Å². The van der Waals surface area contributed by atoms with E-state index in [4.69, 9.17) is 9.72 Å². The number of rotatable bonds is 4. The number of carbonyl (C=O) groups is 1. The zero-order valence-electron chi connectivity index (χ0n) is 19.5. The molecule has 166 valence electrons. The van der Waals surface area contributed by atoms with Crippen molar-refractivity contribution in [1.82, 2.24) is 4.98 Å². The molecule has 0 N–H and O–H groups in total. The van der Waals surface area contributed by atoms with Crippen molar-refractivity contribution >= 4 is 16.9 Å². The zero-order valence-corrected chi connectivity index (χ0v) is 19.5. The molecule has 5 rings (SSSR count). The van der Waals surface area contributed by atoms with Crippen molar-refractivity contribution < 1.29 is 9.53 Å². The molecule has 1 heterocycles. The van der Waals surface area contributed by atoms with Crippen molar-refractivity contribution in [3.8, 4) is 28.1 Å². The Morgan fingerprint density at radius 3 is 2.06 bits per heavy atom. The van der Waals surface area contributed by atoms with E-state index in [0.717, 1.165) is 50.0 Å². The zero-order chi connectivity index (χ0) is 23.7. The lowest BCUT2D eigenvalue weighted by Crippen LogP contribution is -2.13. The van der Waals surface area contributed by atoms with Crippen LogP contribution in [0.4, 0.5) is 0 Å². The summed E-state index contributed by atoms with van der Waals surface area (Å²) in [6.45, 7) is 6.02. The van der Waals surface area contributed by atoms with Gasteiger partial charge in [0.15, 0.2) is 0 Å². The normalized spacial score (nSPS) is 10.9. The Hall–Kier alpha value is -4.24. The quantitative estimate of drug-likeness (QED) is 0.211. The van der Waals surface area contributed by atoms with Gasteiger partial charge in [-0.3, -0.25) is 0 Å². The molecule has 1 aromatic heterocycles. The van der Waals surface area contributed by atoms with Crippen LogP contribution in [-0.2, 0) is 0 Å². The van der Waals surface area contributed by atoms with Gasteiger partial charge in [-0.2, -0.15) is 0 Å². The van der Waals surface area contributed by atoms with Crippen molar-refractivity contribution in [3.05, 3.63) is 119 Å². The van der Waals surface area contributed by atoms with Gasteiger partial charge >= 0.3 is 5.97 Å². The third-order valence-corrected chi connectivity index (χ3v) is 6.09. The third kappa shape index (κ3) is 3.97. The number of hydrogen-bond acceptors (Lipinski definition) is 3. The van der Waals surface area contributed by atoms with E-state index in [0.29, 0.717) is 11.3 Å². The largest absolute Gasteiger partial charge is 0.422 e. The van der Waals surface area contributed by atoms with E-state index < -0.39 is 0 Å². The van der Waals surface area contributed by atoms with Crippen LogP contribution >= 0.6 is 0 Å². The number of aromatic nitrogens is 1. The number of benzene rings is 4. The summed E-state index contributed by atoms with van der Waals surface area (Å²) in [6, 6.07) is 31.7. The molecule has 0 unspecified atom stereocenters. The average molecular weight is 444 g/mol. The van der Waals surface area contributed by atoms with Gasteiger partial charge in [0.05, 0.1) is 16.8 Å². The lowest BCUT2D eigenvalue weighted by Gasteiger charge is -2.17. The van der Waals surface area contributed by atoms with Crippen molar-refractivity contribution in [3.63, 3.8) is 0 Å². The Bertz CT molecular complexity index is 1510. The minimum Gasteiger partial charge on any atom is -0.422 e. The summed E-state index contributed by atoms with van der Waals surface area (Å²) in [4.78, 5) is 18.8. The first-order chi connectivity index (χ1) is 16.5. The Kier molecular flexibility index (Phi) is 5.69. The van der Waals surface area contributed by atoms with E-state index in [1.54, 1.807) is 0 Å². The molecule has 0 fully saturated rings. The first kappa shape index (κ1) is 21.6. The fraction of sp³-hybridized carbons (Fsp3) is 0.0968. The van der Waals surface area contributed by atoms with Crippen LogP contribution < -0.4 is 4.74 Å². The molecule has 5 aromatic rings. The first-order valence-electron chi connectivity index (χ1n) is 11.4. The SMILES string of the molecule is Cc1cc(C)c2nc(-c3ccccc3)c(C)c(C(=O)Oc3ccccc3-c3ccccc3)c2c1. The van der Waals surface area contributed by atoms with Gasteiger partial charge in [0.1, 0.15) is 5.75 Å². The van der Waals surface area contributed by atoms with Gasteiger partial charge in [0.2, 0.25) is 0 Å². The summed E-state index contributed by atoms with van der Waals surface area (Å²) in [7, 11) is 0. The minimum absolute atomic E-state index is 0.379. The van der Waals surface area contributed by atoms with E-state index in [-0.39, 0.29) is 5.97 Å². The molecule has 0 spiro atoms. The molecule has 0 saturated carbocycles. The van der Waals surface area contributed by atoms with E-state index in [9.17, 15) is 4.79 Å². The molecule has 3 nitrogen and oxygen atoms in total. The molecule has 0 aliphatic rings. The molecule has 4 aromatic carbocycles. The van der Waals surface area contributed by atoms with Gasteiger partial charge in [0.25, 0.3) is 0 Å². The Balaban J connectivity index is 1.69. The second-order valence-electron chi connectivity index (χ2n) is 8.56. The monoisotopic (exact) mass is 443 g/mol. The topological polar surface area (TPSA) is 39.2 Å². The van der Waals surface area contributed by atoms with Crippen LogP contribution in [0.25, 0.3) is 33.3 Å². The predicted octanol–water partition coefficient (Wildman–Crippen LogP) is 7.71. The number of para-hydroxylation sites is 1. The second-order valence-corrected chi connectivity index (χ2v) is 8.56. The Morgan fingerprint density at radius 2 is 1.35 bits per heavy atom. The highest BCUT2D eigenvalue weighted by Gasteiger charge is 2.22. The van der Waals surface area contributed by atoms with Gasteiger partial charge in [-0.15, -0.1) is 0 Å². The van der Waals surface area contributed by atoms with Crippen molar-refractivity contribution in [2.45, 2.75) is 20.8 Å². The summed E-state index contributed by atoms with van der Waals surface area (Å²) >= 11 is 0. The molecule has 0 atom stereocenters. The maximum Gasteiger partial charge on any atom is 0.344 e. The van der Waals surface area contributed by atoms with Crippen molar-refractivity contribution in [2.24, 2.45) is 0 Å². The van der Waals surface area contributed by atoms with Crippen LogP contribution in [0.1, 0.15) is 27.0 Å². The summed E-state index contributed by atoms with van der Waals surface area (Å²) in [5, 5.41) is 0.817. The molecule has 0 aliphatic heterocycles. The maximum atomic E-state index is 13.8. The van der Waals surface area contributed by atoms with E-state index in [2.05, 4.69) is 6.07 Å². The van der Waals surface area contributed by atoms with Crippen LogP contribution in [0.15, 0.2) is 97.1 Å². The highest BCUT2D eigenvalue weighted by molar-refractivity contribution is 6.08. The Labute approximate surface area is 199 Å². The summed E-state index contributed by atoms with van der Waals surface area (Å²) in [5.74, 6) is 0.157. The molecule has 0 bridgehead atoms. The minimum atomic E-state index is -0.379. The van der Waals surface area contributed by atoms with E-state index in [1.807, 2.05) is 112 Å². The average Bonchev–Trinajstić information content (AvgIpc) is 2.85. The van der Waals surface area contributed by atoms with Crippen molar-refractivity contribution in [2.75, 3.05) is 0 Å². The number of carbonyl (C=O) groups excluding carboxylic acids is 1. The number of aryl methyl sites for hydroxylation is 2. The van der Waals surface area contributed by atoms with Crippen LogP contribution in [0.5, 0.6) is 5.75 Å². The summed E-state index contributed by atoms with van der Waals surface area (Å²) in [6.07, 6.45) is 0. The van der Waals surface area contributed by atoms with Gasteiger partial charge in [-0.1, -0.05) is 90.5 Å². The predicted molar refractivity (Wildman–Crippen MR) is 138 cm³/mol. The second kappa shape index (κ2) is 8.95. The Morgan fingerprint density at radius 1 is 0.735 bits per heavy atom. The number of pyridine rings is 1. The molecule has 0 aliphatic carbocycles. The molecule has 0 radical (unpaired) electrons. The van der Waals surface area contributed by atoms with Crippen LogP contribution in [0.2, 0.25) is 0 Å². The number of hydrogen-bond donors (Lipinski definition) is 0. The number of fused-ring (bicyclic) bond motifs is 1. The molecule has 0 saturated heterocycles. The van der Waals surface area contributed by atoms with Crippen LogP contribution in [0, 0.1) is 20.8 Å². The first-order valence-corrected chi connectivity index (χ1v) is 11.4. The van der Waals surface area contributed by atoms with Gasteiger partial charge < -0.3 is 4.74 Å². The van der Waals surface area contributed by atoms with Gasteiger partial charge in [-0.05, 0) is 49.6 Å². The smallest absolute Gasteiger partial charge is 0.344 e.